The lowest BCUT2D eigenvalue weighted by atomic mass is 10.1. The molecule has 102 valence electrons. The Morgan fingerprint density at radius 3 is 2.58 bits per heavy atom. The summed E-state index contributed by atoms with van der Waals surface area (Å²) in [5.41, 5.74) is 1.24. The molecule has 2 saturated heterocycles. The van der Waals surface area contributed by atoms with Crippen molar-refractivity contribution in [3.8, 4) is 0 Å². The van der Waals surface area contributed by atoms with Crippen molar-refractivity contribution < 1.29 is 4.79 Å². The van der Waals surface area contributed by atoms with E-state index in [0.717, 1.165) is 25.9 Å². The maximum Gasteiger partial charge on any atom is 0.223 e. The van der Waals surface area contributed by atoms with E-state index in [4.69, 9.17) is 0 Å². The molecule has 2 fully saturated rings. The molecule has 2 aliphatic heterocycles. The van der Waals surface area contributed by atoms with E-state index in [9.17, 15) is 4.79 Å². The molecule has 1 aromatic carbocycles. The standard InChI is InChI=1S/C16H22N2O/c19-16-9-8-15(13-17-10-4-5-11-17)18(16)12-14-6-2-1-3-7-14/h1-3,6-7,15H,4-5,8-13H2. The highest BCUT2D eigenvalue weighted by Crippen LogP contribution is 2.23. The van der Waals surface area contributed by atoms with Crippen LogP contribution in [0.25, 0.3) is 0 Å². The van der Waals surface area contributed by atoms with Crippen molar-refractivity contribution in [2.75, 3.05) is 19.6 Å². The molecular formula is C16H22N2O. The first-order valence-electron chi connectivity index (χ1n) is 7.39. The van der Waals surface area contributed by atoms with Crippen LogP contribution >= 0.6 is 0 Å². The van der Waals surface area contributed by atoms with E-state index in [-0.39, 0.29) is 0 Å². The van der Waals surface area contributed by atoms with Crippen LogP contribution in [0.3, 0.4) is 0 Å². The highest BCUT2D eigenvalue weighted by atomic mass is 16.2. The zero-order valence-electron chi connectivity index (χ0n) is 11.4. The highest BCUT2D eigenvalue weighted by Gasteiger charge is 2.32. The third-order valence-corrected chi connectivity index (χ3v) is 4.32. The second-order valence-electron chi connectivity index (χ2n) is 5.71. The molecule has 1 amide bonds. The topological polar surface area (TPSA) is 23.6 Å². The largest absolute Gasteiger partial charge is 0.334 e. The molecule has 1 aromatic rings. The first-order chi connectivity index (χ1) is 9.33. The quantitative estimate of drug-likeness (QED) is 0.827. The van der Waals surface area contributed by atoms with Crippen molar-refractivity contribution >= 4 is 5.91 Å². The number of carbonyl (C=O) groups is 1. The minimum absolute atomic E-state index is 0.327. The van der Waals surface area contributed by atoms with Crippen LogP contribution in [0.2, 0.25) is 0 Å². The van der Waals surface area contributed by atoms with Gasteiger partial charge in [0.15, 0.2) is 0 Å². The molecule has 0 saturated carbocycles. The molecule has 2 heterocycles. The molecule has 0 N–H and O–H groups in total. The molecule has 0 aliphatic carbocycles. The van der Waals surface area contributed by atoms with Crippen molar-refractivity contribution in [2.24, 2.45) is 0 Å². The number of rotatable bonds is 4. The third-order valence-electron chi connectivity index (χ3n) is 4.32. The third kappa shape index (κ3) is 2.98. The predicted molar refractivity (Wildman–Crippen MR) is 75.7 cm³/mol. The fraction of sp³-hybridized carbons (Fsp3) is 0.562. The van der Waals surface area contributed by atoms with E-state index in [1.807, 2.05) is 18.2 Å². The molecule has 3 nitrogen and oxygen atoms in total. The Morgan fingerprint density at radius 1 is 1.11 bits per heavy atom. The summed E-state index contributed by atoms with van der Waals surface area (Å²) in [6.07, 6.45) is 4.40. The lowest BCUT2D eigenvalue weighted by Crippen LogP contribution is -2.40. The van der Waals surface area contributed by atoms with Crippen molar-refractivity contribution in [3.63, 3.8) is 0 Å². The fourth-order valence-electron chi connectivity index (χ4n) is 3.24. The van der Waals surface area contributed by atoms with Gasteiger partial charge in [-0.3, -0.25) is 4.79 Å². The molecule has 0 radical (unpaired) electrons. The Kier molecular flexibility index (Phi) is 3.83. The minimum atomic E-state index is 0.327. The van der Waals surface area contributed by atoms with Crippen LogP contribution in [0.4, 0.5) is 0 Å². The van der Waals surface area contributed by atoms with Gasteiger partial charge in [0, 0.05) is 25.6 Å². The van der Waals surface area contributed by atoms with Crippen LogP contribution in [0, 0.1) is 0 Å². The minimum Gasteiger partial charge on any atom is -0.334 e. The van der Waals surface area contributed by atoms with Crippen molar-refractivity contribution in [1.82, 2.24) is 9.80 Å². The van der Waals surface area contributed by atoms with Gasteiger partial charge in [-0.25, -0.2) is 0 Å². The van der Waals surface area contributed by atoms with E-state index >= 15 is 0 Å². The number of benzene rings is 1. The van der Waals surface area contributed by atoms with Crippen LogP contribution < -0.4 is 0 Å². The molecular weight excluding hydrogens is 236 g/mol. The lowest BCUT2D eigenvalue weighted by molar-refractivity contribution is -0.129. The Labute approximate surface area is 115 Å². The van der Waals surface area contributed by atoms with Crippen molar-refractivity contribution in [1.29, 1.82) is 0 Å². The maximum absolute atomic E-state index is 12.1. The fourth-order valence-corrected chi connectivity index (χ4v) is 3.24. The van der Waals surface area contributed by atoms with Gasteiger partial charge < -0.3 is 9.80 Å². The molecule has 0 bridgehead atoms. The van der Waals surface area contributed by atoms with Crippen LogP contribution in [0.15, 0.2) is 30.3 Å². The van der Waals surface area contributed by atoms with Gasteiger partial charge >= 0.3 is 0 Å². The van der Waals surface area contributed by atoms with Crippen molar-refractivity contribution in [3.05, 3.63) is 35.9 Å². The first-order valence-corrected chi connectivity index (χ1v) is 7.39. The summed E-state index contributed by atoms with van der Waals surface area (Å²) in [6, 6.07) is 10.8. The monoisotopic (exact) mass is 258 g/mol. The lowest BCUT2D eigenvalue weighted by Gasteiger charge is -2.28. The average molecular weight is 258 g/mol. The Balaban J connectivity index is 1.64. The number of likely N-dealkylation sites (tertiary alicyclic amines) is 2. The van der Waals surface area contributed by atoms with Crippen LogP contribution in [-0.4, -0.2) is 41.4 Å². The van der Waals surface area contributed by atoms with Crippen LogP contribution in [0.1, 0.15) is 31.2 Å². The van der Waals surface area contributed by atoms with Gasteiger partial charge in [-0.05, 0) is 37.9 Å². The van der Waals surface area contributed by atoms with E-state index in [1.54, 1.807) is 0 Å². The van der Waals surface area contributed by atoms with Crippen molar-refractivity contribution in [2.45, 2.75) is 38.3 Å². The first kappa shape index (κ1) is 12.7. The molecule has 19 heavy (non-hydrogen) atoms. The van der Waals surface area contributed by atoms with Gasteiger partial charge in [-0.15, -0.1) is 0 Å². The number of amides is 1. The summed E-state index contributed by atoms with van der Waals surface area (Å²) in [7, 11) is 0. The van der Waals surface area contributed by atoms with Gasteiger partial charge in [-0.2, -0.15) is 0 Å². The van der Waals surface area contributed by atoms with E-state index in [2.05, 4.69) is 21.9 Å². The molecule has 0 aromatic heterocycles. The summed E-state index contributed by atoms with van der Waals surface area (Å²) in [5.74, 6) is 0.327. The highest BCUT2D eigenvalue weighted by molar-refractivity contribution is 5.78. The van der Waals surface area contributed by atoms with E-state index in [0.29, 0.717) is 11.9 Å². The SMILES string of the molecule is O=C1CCC(CN2CCCC2)N1Cc1ccccc1. The van der Waals surface area contributed by atoms with Gasteiger partial charge in [0.2, 0.25) is 5.91 Å². The molecule has 3 rings (SSSR count). The van der Waals surface area contributed by atoms with Gasteiger partial charge in [-0.1, -0.05) is 30.3 Å². The number of carbonyl (C=O) groups excluding carboxylic acids is 1. The summed E-state index contributed by atoms with van der Waals surface area (Å²) < 4.78 is 0. The van der Waals surface area contributed by atoms with Crippen LogP contribution in [-0.2, 0) is 11.3 Å². The summed E-state index contributed by atoms with van der Waals surface area (Å²) >= 11 is 0. The Hall–Kier alpha value is -1.35. The summed E-state index contributed by atoms with van der Waals surface area (Å²) in [5, 5.41) is 0. The number of hydrogen-bond donors (Lipinski definition) is 0. The molecule has 1 atom stereocenters. The molecule has 2 aliphatic rings. The number of hydrogen-bond acceptors (Lipinski definition) is 2. The van der Waals surface area contributed by atoms with Crippen LogP contribution in [0.5, 0.6) is 0 Å². The Bertz CT molecular complexity index is 426. The van der Waals surface area contributed by atoms with Gasteiger partial charge in [0.1, 0.15) is 0 Å². The molecule has 0 spiro atoms. The second-order valence-corrected chi connectivity index (χ2v) is 5.71. The zero-order valence-corrected chi connectivity index (χ0v) is 11.4. The maximum atomic E-state index is 12.1. The summed E-state index contributed by atoms with van der Waals surface area (Å²) in [6.45, 7) is 4.27. The normalized spacial score (nSPS) is 24.3. The predicted octanol–water partition coefficient (Wildman–Crippen LogP) is 2.27. The molecule has 1 unspecified atom stereocenters. The molecule has 3 heteroatoms. The second kappa shape index (κ2) is 5.74. The van der Waals surface area contributed by atoms with Gasteiger partial charge in [0.25, 0.3) is 0 Å². The average Bonchev–Trinajstić information content (AvgIpc) is 3.05. The van der Waals surface area contributed by atoms with Gasteiger partial charge in [0.05, 0.1) is 0 Å². The Morgan fingerprint density at radius 2 is 1.84 bits per heavy atom. The van der Waals surface area contributed by atoms with E-state index in [1.165, 1.54) is 31.5 Å². The summed E-state index contributed by atoms with van der Waals surface area (Å²) in [4.78, 5) is 16.7. The number of nitrogens with zero attached hydrogens (tertiary/aromatic N) is 2. The zero-order chi connectivity index (χ0) is 13.1. The van der Waals surface area contributed by atoms with E-state index < -0.39 is 0 Å². The smallest absolute Gasteiger partial charge is 0.223 e.